The fraction of sp³-hybridized carbons (Fsp3) is 0.455. The van der Waals surface area contributed by atoms with Gasteiger partial charge in [0.2, 0.25) is 5.91 Å². The molecular weight excluding hydrogens is 338 g/mol. The predicted molar refractivity (Wildman–Crippen MR) is 108 cm³/mol. The van der Waals surface area contributed by atoms with Gasteiger partial charge in [-0.2, -0.15) is 0 Å². The van der Waals surface area contributed by atoms with E-state index in [2.05, 4.69) is 29.0 Å². The molecule has 1 N–H and O–H groups in total. The minimum atomic E-state index is -0.116. The fourth-order valence-corrected chi connectivity index (χ4v) is 3.64. The molecule has 0 radical (unpaired) electrons. The van der Waals surface area contributed by atoms with Crippen LogP contribution in [0.2, 0.25) is 0 Å². The standard InChI is InChI=1S/C22H29N3O2/c1-4-20(19-8-6-5-7-9-19)22(26)24-13-18-10-11-21(23-12-18)25-14-16(2)27-17(3)15-25/h5-12,16-17,20H,4,13-15H2,1-3H3,(H,24,26). The van der Waals surface area contributed by atoms with Crippen molar-refractivity contribution in [3.8, 4) is 0 Å². The molecule has 1 fully saturated rings. The van der Waals surface area contributed by atoms with Crippen LogP contribution in [0.15, 0.2) is 48.7 Å². The summed E-state index contributed by atoms with van der Waals surface area (Å²) in [5, 5.41) is 3.05. The first-order valence-electron chi connectivity index (χ1n) is 9.74. The monoisotopic (exact) mass is 367 g/mol. The number of rotatable bonds is 6. The van der Waals surface area contributed by atoms with Gasteiger partial charge in [-0.1, -0.05) is 43.3 Å². The summed E-state index contributed by atoms with van der Waals surface area (Å²) in [5.41, 5.74) is 2.06. The number of benzene rings is 1. The summed E-state index contributed by atoms with van der Waals surface area (Å²) >= 11 is 0. The Morgan fingerprint density at radius 3 is 2.48 bits per heavy atom. The smallest absolute Gasteiger partial charge is 0.227 e. The zero-order valence-corrected chi connectivity index (χ0v) is 16.4. The molecule has 144 valence electrons. The van der Waals surface area contributed by atoms with E-state index in [0.717, 1.165) is 36.5 Å². The highest BCUT2D eigenvalue weighted by molar-refractivity contribution is 5.83. The van der Waals surface area contributed by atoms with Crippen molar-refractivity contribution in [2.75, 3.05) is 18.0 Å². The lowest BCUT2D eigenvalue weighted by molar-refractivity contribution is -0.122. The van der Waals surface area contributed by atoms with Crippen molar-refractivity contribution in [2.24, 2.45) is 0 Å². The number of amides is 1. The van der Waals surface area contributed by atoms with Gasteiger partial charge in [0.05, 0.1) is 18.1 Å². The highest BCUT2D eigenvalue weighted by Crippen LogP contribution is 2.20. The molecule has 1 aromatic heterocycles. The van der Waals surface area contributed by atoms with Gasteiger partial charge in [0.15, 0.2) is 0 Å². The Labute approximate surface area is 161 Å². The van der Waals surface area contributed by atoms with E-state index in [4.69, 9.17) is 4.74 Å². The number of morpholine rings is 1. The summed E-state index contributed by atoms with van der Waals surface area (Å²) in [5.74, 6) is 0.904. The van der Waals surface area contributed by atoms with Crippen molar-refractivity contribution >= 4 is 11.7 Å². The van der Waals surface area contributed by atoms with E-state index < -0.39 is 0 Å². The average molecular weight is 367 g/mol. The Kier molecular flexibility index (Phi) is 6.45. The van der Waals surface area contributed by atoms with Crippen LogP contribution in [0.3, 0.4) is 0 Å². The first-order chi connectivity index (χ1) is 13.1. The highest BCUT2D eigenvalue weighted by atomic mass is 16.5. The summed E-state index contributed by atoms with van der Waals surface area (Å²) in [6, 6.07) is 14.0. The van der Waals surface area contributed by atoms with Crippen molar-refractivity contribution in [3.05, 3.63) is 59.8 Å². The lowest BCUT2D eigenvalue weighted by atomic mass is 9.95. The predicted octanol–water partition coefficient (Wildman–Crippen LogP) is 3.51. The van der Waals surface area contributed by atoms with Crippen LogP contribution >= 0.6 is 0 Å². The molecule has 2 aromatic rings. The van der Waals surface area contributed by atoms with E-state index in [9.17, 15) is 4.79 Å². The molecule has 1 aromatic carbocycles. The number of nitrogens with one attached hydrogen (secondary N) is 1. The zero-order chi connectivity index (χ0) is 19.2. The van der Waals surface area contributed by atoms with Gasteiger partial charge in [-0.3, -0.25) is 4.79 Å². The molecule has 0 spiro atoms. The number of ether oxygens (including phenoxy) is 1. The summed E-state index contributed by atoms with van der Waals surface area (Å²) in [4.78, 5) is 19.4. The second kappa shape index (κ2) is 9.00. The van der Waals surface area contributed by atoms with Crippen molar-refractivity contribution in [2.45, 2.75) is 51.9 Å². The van der Waals surface area contributed by atoms with Crippen molar-refractivity contribution in [1.82, 2.24) is 10.3 Å². The lowest BCUT2D eigenvalue weighted by Crippen LogP contribution is -2.45. The molecule has 27 heavy (non-hydrogen) atoms. The number of pyridine rings is 1. The van der Waals surface area contributed by atoms with E-state index >= 15 is 0 Å². The topological polar surface area (TPSA) is 54.5 Å². The summed E-state index contributed by atoms with van der Waals surface area (Å²) < 4.78 is 5.78. The maximum atomic E-state index is 12.6. The van der Waals surface area contributed by atoms with Gasteiger partial charge >= 0.3 is 0 Å². The van der Waals surface area contributed by atoms with Crippen LogP contribution in [0.25, 0.3) is 0 Å². The number of hydrogen-bond acceptors (Lipinski definition) is 4. The largest absolute Gasteiger partial charge is 0.372 e. The minimum absolute atomic E-state index is 0.0589. The van der Waals surface area contributed by atoms with Crippen LogP contribution in [-0.2, 0) is 16.1 Å². The van der Waals surface area contributed by atoms with Gasteiger partial charge in [0, 0.05) is 25.8 Å². The Bertz CT molecular complexity index is 723. The molecule has 1 saturated heterocycles. The fourth-order valence-electron chi connectivity index (χ4n) is 3.64. The van der Waals surface area contributed by atoms with E-state index in [0.29, 0.717) is 6.54 Å². The Balaban J connectivity index is 1.57. The number of aromatic nitrogens is 1. The molecule has 3 atom stereocenters. The third-order valence-corrected chi connectivity index (χ3v) is 4.95. The number of anilines is 1. The Hall–Kier alpha value is -2.40. The second-order valence-electron chi connectivity index (χ2n) is 7.28. The van der Waals surface area contributed by atoms with Crippen LogP contribution in [0.4, 0.5) is 5.82 Å². The maximum Gasteiger partial charge on any atom is 0.227 e. The summed E-state index contributed by atoms with van der Waals surface area (Å²) in [6.07, 6.45) is 3.04. The van der Waals surface area contributed by atoms with E-state index in [-0.39, 0.29) is 24.0 Å². The Morgan fingerprint density at radius 2 is 1.89 bits per heavy atom. The first kappa shape index (κ1) is 19.4. The molecule has 0 saturated carbocycles. The minimum Gasteiger partial charge on any atom is -0.372 e. The van der Waals surface area contributed by atoms with Crippen LogP contribution in [0.5, 0.6) is 0 Å². The molecule has 1 amide bonds. The normalized spacial score (nSPS) is 20.9. The molecule has 0 aliphatic carbocycles. The van der Waals surface area contributed by atoms with Crippen molar-refractivity contribution < 1.29 is 9.53 Å². The lowest BCUT2D eigenvalue weighted by Gasteiger charge is -2.36. The quantitative estimate of drug-likeness (QED) is 0.849. The molecule has 5 heteroatoms. The molecule has 3 rings (SSSR count). The number of nitrogens with zero attached hydrogens (tertiary/aromatic N) is 2. The maximum absolute atomic E-state index is 12.6. The molecule has 2 heterocycles. The van der Waals surface area contributed by atoms with E-state index in [1.807, 2.05) is 55.6 Å². The van der Waals surface area contributed by atoms with Gasteiger partial charge in [-0.05, 0) is 37.5 Å². The van der Waals surface area contributed by atoms with E-state index in [1.165, 1.54) is 0 Å². The van der Waals surface area contributed by atoms with E-state index in [1.54, 1.807) is 0 Å². The highest BCUT2D eigenvalue weighted by Gasteiger charge is 2.23. The summed E-state index contributed by atoms with van der Waals surface area (Å²) in [6.45, 7) is 8.40. The average Bonchev–Trinajstić information content (AvgIpc) is 2.67. The van der Waals surface area contributed by atoms with Crippen molar-refractivity contribution in [1.29, 1.82) is 0 Å². The number of carbonyl (C=O) groups excluding carboxylic acids is 1. The molecular formula is C22H29N3O2. The molecule has 5 nitrogen and oxygen atoms in total. The van der Waals surface area contributed by atoms with Crippen LogP contribution in [0.1, 0.15) is 44.2 Å². The first-order valence-corrected chi connectivity index (χ1v) is 9.74. The van der Waals surface area contributed by atoms with Crippen LogP contribution in [-0.4, -0.2) is 36.2 Å². The van der Waals surface area contributed by atoms with Gasteiger partial charge in [0.25, 0.3) is 0 Å². The second-order valence-corrected chi connectivity index (χ2v) is 7.28. The van der Waals surface area contributed by atoms with Crippen LogP contribution < -0.4 is 10.2 Å². The summed E-state index contributed by atoms with van der Waals surface area (Å²) in [7, 11) is 0. The molecule has 1 aliphatic heterocycles. The Morgan fingerprint density at radius 1 is 1.19 bits per heavy atom. The number of carbonyl (C=O) groups is 1. The van der Waals surface area contributed by atoms with Crippen LogP contribution in [0, 0.1) is 0 Å². The SMILES string of the molecule is CCC(C(=O)NCc1ccc(N2CC(C)OC(C)C2)nc1)c1ccccc1. The molecule has 3 unspecified atom stereocenters. The molecule has 0 bridgehead atoms. The van der Waals surface area contributed by atoms with Gasteiger partial charge in [-0.15, -0.1) is 0 Å². The van der Waals surface area contributed by atoms with Gasteiger partial charge in [0.1, 0.15) is 5.82 Å². The third-order valence-electron chi connectivity index (χ3n) is 4.95. The zero-order valence-electron chi connectivity index (χ0n) is 16.4. The third kappa shape index (κ3) is 5.07. The van der Waals surface area contributed by atoms with Crippen molar-refractivity contribution in [3.63, 3.8) is 0 Å². The number of hydrogen-bond donors (Lipinski definition) is 1. The van der Waals surface area contributed by atoms with Gasteiger partial charge < -0.3 is 15.0 Å². The van der Waals surface area contributed by atoms with Gasteiger partial charge in [-0.25, -0.2) is 4.98 Å². The molecule has 1 aliphatic rings.